The van der Waals surface area contributed by atoms with E-state index in [1.165, 1.54) is 0 Å². The number of ether oxygens (including phenoxy) is 1. The number of amides is 2. The van der Waals surface area contributed by atoms with Crippen molar-refractivity contribution < 1.29 is 19.4 Å². The van der Waals surface area contributed by atoms with Crippen LogP contribution in [0.3, 0.4) is 0 Å². The van der Waals surface area contributed by atoms with E-state index in [1.54, 1.807) is 0 Å². The highest BCUT2D eigenvalue weighted by Gasteiger charge is 2.04. The molecule has 1 unspecified atom stereocenters. The standard InChI is InChI=1S/C11H22N2O4/c1-3-17-9(2)8-13-11(16)12-7-5-4-6-10(14)15/h9H,3-8H2,1-2H3,(H,14,15)(H2,12,13,16). The summed E-state index contributed by atoms with van der Waals surface area (Å²) in [5, 5.41) is 13.7. The molecule has 17 heavy (non-hydrogen) atoms. The molecule has 1 atom stereocenters. The van der Waals surface area contributed by atoms with Crippen LogP contribution < -0.4 is 10.6 Å². The minimum atomic E-state index is -0.806. The van der Waals surface area contributed by atoms with Crippen molar-refractivity contribution in [2.45, 2.75) is 39.2 Å². The molecule has 0 aromatic carbocycles. The fourth-order valence-electron chi connectivity index (χ4n) is 1.25. The van der Waals surface area contributed by atoms with E-state index >= 15 is 0 Å². The lowest BCUT2D eigenvalue weighted by atomic mass is 10.2. The van der Waals surface area contributed by atoms with Crippen LogP contribution in [0.4, 0.5) is 4.79 Å². The van der Waals surface area contributed by atoms with E-state index in [-0.39, 0.29) is 18.6 Å². The molecular weight excluding hydrogens is 224 g/mol. The van der Waals surface area contributed by atoms with Gasteiger partial charge in [-0.25, -0.2) is 4.79 Å². The molecule has 0 aliphatic rings. The molecule has 0 bridgehead atoms. The number of carboxylic acids is 1. The molecule has 0 radical (unpaired) electrons. The molecule has 0 saturated heterocycles. The highest BCUT2D eigenvalue weighted by Crippen LogP contribution is 1.93. The van der Waals surface area contributed by atoms with Crippen molar-refractivity contribution in [1.82, 2.24) is 10.6 Å². The first-order chi connectivity index (χ1) is 8.06. The molecule has 0 aliphatic heterocycles. The third-order valence-electron chi connectivity index (χ3n) is 2.10. The summed E-state index contributed by atoms with van der Waals surface area (Å²) in [6.07, 6.45) is 1.38. The zero-order chi connectivity index (χ0) is 13.1. The van der Waals surface area contributed by atoms with E-state index in [0.29, 0.717) is 32.5 Å². The number of carboxylic acid groups (broad SMARTS) is 1. The first kappa shape index (κ1) is 15.7. The monoisotopic (exact) mass is 246 g/mol. The van der Waals surface area contributed by atoms with Crippen molar-refractivity contribution in [3.05, 3.63) is 0 Å². The van der Waals surface area contributed by atoms with Crippen LogP contribution in [0.1, 0.15) is 33.1 Å². The predicted octanol–water partition coefficient (Wildman–Crippen LogP) is 0.965. The van der Waals surface area contributed by atoms with Gasteiger partial charge in [0.05, 0.1) is 6.10 Å². The van der Waals surface area contributed by atoms with Crippen LogP contribution in [-0.2, 0) is 9.53 Å². The van der Waals surface area contributed by atoms with Crippen LogP contribution in [-0.4, -0.2) is 42.9 Å². The lowest BCUT2D eigenvalue weighted by Gasteiger charge is -2.13. The molecule has 3 N–H and O–H groups in total. The van der Waals surface area contributed by atoms with E-state index in [1.807, 2.05) is 13.8 Å². The number of carbonyl (C=O) groups excluding carboxylic acids is 1. The van der Waals surface area contributed by atoms with Crippen molar-refractivity contribution in [3.63, 3.8) is 0 Å². The van der Waals surface area contributed by atoms with Gasteiger partial charge in [-0.15, -0.1) is 0 Å². The van der Waals surface area contributed by atoms with Crippen LogP contribution >= 0.6 is 0 Å². The highest BCUT2D eigenvalue weighted by atomic mass is 16.5. The number of hydrogen-bond acceptors (Lipinski definition) is 3. The van der Waals surface area contributed by atoms with Crippen molar-refractivity contribution in [1.29, 1.82) is 0 Å². The Morgan fingerprint density at radius 3 is 2.59 bits per heavy atom. The van der Waals surface area contributed by atoms with Crippen LogP contribution in [0.2, 0.25) is 0 Å². The minimum absolute atomic E-state index is 0.00207. The number of aliphatic carboxylic acids is 1. The Morgan fingerprint density at radius 1 is 1.29 bits per heavy atom. The van der Waals surface area contributed by atoms with Crippen LogP contribution in [0.5, 0.6) is 0 Å². The van der Waals surface area contributed by atoms with Gasteiger partial charge < -0.3 is 20.5 Å². The molecule has 100 valence electrons. The largest absolute Gasteiger partial charge is 0.481 e. The van der Waals surface area contributed by atoms with Gasteiger partial charge in [0.15, 0.2) is 0 Å². The Balaban J connectivity index is 3.37. The summed E-state index contributed by atoms with van der Waals surface area (Å²) in [7, 11) is 0. The molecule has 6 nitrogen and oxygen atoms in total. The number of carbonyl (C=O) groups is 2. The number of unbranched alkanes of at least 4 members (excludes halogenated alkanes) is 1. The smallest absolute Gasteiger partial charge is 0.314 e. The van der Waals surface area contributed by atoms with Crippen molar-refractivity contribution in [2.75, 3.05) is 19.7 Å². The maximum Gasteiger partial charge on any atom is 0.314 e. The summed E-state index contributed by atoms with van der Waals surface area (Å²) < 4.78 is 5.25. The predicted molar refractivity (Wildman–Crippen MR) is 64.0 cm³/mol. The molecule has 0 fully saturated rings. The van der Waals surface area contributed by atoms with Crippen molar-refractivity contribution in [3.8, 4) is 0 Å². The van der Waals surface area contributed by atoms with Gasteiger partial charge in [0, 0.05) is 26.1 Å². The number of nitrogens with one attached hydrogen (secondary N) is 2. The SMILES string of the molecule is CCOC(C)CNC(=O)NCCCCC(=O)O. The minimum Gasteiger partial charge on any atom is -0.481 e. The van der Waals surface area contributed by atoms with Crippen molar-refractivity contribution >= 4 is 12.0 Å². The topological polar surface area (TPSA) is 87.7 Å². The van der Waals surface area contributed by atoms with Gasteiger partial charge in [-0.3, -0.25) is 4.79 Å². The molecule has 2 amide bonds. The van der Waals surface area contributed by atoms with E-state index in [0.717, 1.165) is 0 Å². The maximum absolute atomic E-state index is 11.3. The second-order valence-corrected chi connectivity index (χ2v) is 3.75. The third-order valence-corrected chi connectivity index (χ3v) is 2.10. The summed E-state index contributed by atoms with van der Waals surface area (Å²) in [6.45, 7) is 5.37. The Hall–Kier alpha value is -1.30. The van der Waals surface area contributed by atoms with Gasteiger partial charge in [-0.05, 0) is 26.7 Å². The van der Waals surface area contributed by atoms with E-state index in [9.17, 15) is 9.59 Å². The fraction of sp³-hybridized carbons (Fsp3) is 0.818. The molecule has 6 heteroatoms. The molecule has 0 spiro atoms. The molecule has 0 rings (SSSR count). The van der Waals surface area contributed by atoms with Crippen LogP contribution in [0.25, 0.3) is 0 Å². The molecule has 0 saturated carbocycles. The molecular formula is C11H22N2O4. The molecule has 0 aromatic rings. The van der Waals surface area contributed by atoms with Crippen LogP contribution in [0, 0.1) is 0 Å². The Morgan fingerprint density at radius 2 is 2.00 bits per heavy atom. The van der Waals surface area contributed by atoms with Gasteiger partial charge in [0.1, 0.15) is 0 Å². The van der Waals surface area contributed by atoms with E-state index in [4.69, 9.17) is 9.84 Å². The van der Waals surface area contributed by atoms with Gasteiger partial charge in [0.2, 0.25) is 0 Å². The fourth-order valence-corrected chi connectivity index (χ4v) is 1.25. The maximum atomic E-state index is 11.3. The van der Waals surface area contributed by atoms with Gasteiger partial charge in [-0.1, -0.05) is 0 Å². The summed E-state index contributed by atoms with van der Waals surface area (Å²) in [6, 6.07) is -0.244. The lowest BCUT2D eigenvalue weighted by Crippen LogP contribution is -2.40. The van der Waals surface area contributed by atoms with Gasteiger partial charge >= 0.3 is 12.0 Å². The molecule has 0 aliphatic carbocycles. The normalized spacial score (nSPS) is 11.9. The first-order valence-corrected chi connectivity index (χ1v) is 5.91. The summed E-state index contributed by atoms with van der Waals surface area (Å²) in [4.78, 5) is 21.5. The second kappa shape index (κ2) is 9.89. The zero-order valence-corrected chi connectivity index (χ0v) is 10.5. The summed E-state index contributed by atoms with van der Waals surface area (Å²) in [5.74, 6) is -0.806. The molecule has 0 heterocycles. The Kier molecular flexibility index (Phi) is 9.14. The summed E-state index contributed by atoms with van der Waals surface area (Å²) >= 11 is 0. The van der Waals surface area contributed by atoms with Crippen LogP contribution in [0.15, 0.2) is 0 Å². The highest BCUT2D eigenvalue weighted by molar-refractivity contribution is 5.73. The summed E-state index contributed by atoms with van der Waals surface area (Å²) in [5.41, 5.74) is 0. The van der Waals surface area contributed by atoms with Crippen molar-refractivity contribution in [2.24, 2.45) is 0 Å². The number of hydrogen-bond donors (Lipinski definition) is 3. The second-order valence-electron chi connectivity index (χ2n) is 3.75. The average molecular weight is 246 g/mol. The quantitative estimate of drug-likeness (QED) is 0.529. The number of urea groups is 1. The zero-order valence-electron chi connectivity index (χ0n) is 10.5. The first-order valence-electron chi connectivity index (χ1n) is 5.91. The third kappa shape index (κ3) is 11.0. The lowest BCUT2D eigenvalue weighted by molar-refractivity contribution is -0.137. The van der Waals surface area contributed by atoms with E-state index in [2.05, 4.69) is 10.6 Å². The van der Waals surface area contributed by atoms with Gasteiger partial charge in [0.25, 0.3) is 0 Å². The number of rotatable bonds is 9. The Labute approximate surface area is 102 Å². The average Bonchev–Trinajstić information content (AvgIpc) is 2.26. The van der Waals surface area contributed by atoms with E-state index < -0.39 is 5.97 Å². The molecule has 0 aromatic heterocycles. The Bertz CT molecular complexity index is 234. The van der Waals surface area contributed by atoms with Gasteiger partial charge in [-0.2, -0.15) is 0 Å².